The van der Waals surface area contributed by atoms with Crippen molar-refractivity contribution in [1.82, 2.24) is 10.3 Å². The van der Waals surface area contributed by atoms with Crippen LogP contribution in [0, 0.1) is 0 Å². The fraction of sp³-hybridized carbons (Fsp3) is 0.286. The Morgan fingerprint density at radius 2 is 1.96 bits per heavy atom. The molecule has 0 fully saturated rings. The number of H-pyrrole nitrogens is 1. The van der Waals surface area contributed by atoms with Crippen molar-refractivity contribution >= 4 is 40.1 Å². The van der Waals surface area contributed by atoms with Crippen molar-refractivity contribution in [2.75, 3.05) is 6.61 Å². The second-order valence-corrected chi connectivity index (χ2v) is 7.39. The van der Waals surface area contributed by atoms with E-state index < -0.39 is 12.0 Å². The van der Waals surface area contributed by atoms with E-state index in [9.17, 15) is 9.90 Å². The predicted octanol–water partition coefficient (Wildman–Crippen LogP) is 5.05. The summed E-state index contributed by atoms with van der Waals surface area (Å²) in [6, 6.07) is 10.6. The van der Waals surface area contributed by atoms with Gasteiger partial charge in [0.15, 0.2) is 5.75 Å². The first kappa shape index (κ1) is 20.5. The van der Waals surface area contributed by atoms with E-state index in [1.54, 1.807) is 12.1 Å². The number of carboxylic acid groups (broad SMARTS) is 1. The summed E-state index contributed by atoms with van der Waals surface area (Å²) in [5.41, 5.74) is 2.74. The zero-order chi connectivity index (χ0) is 20.1. The number of benzene rings is 2. The van der Waals surface area contributed by atoms with Gasteiger partial charge >= 0.3 is 5.97 Å². The van der Waals surface area contributed by atoms with Crippen molar-refractivity contribution in [3.8, 4) is 5.75 Å². The van der Waals surface area contributed by atoms with Crippen molar-refractivity contribution in [2.24, 2.45) is 0 Å². The summed E-state index contributed by atoms with van der Waals surface area (Å²) in [5.74, 6) is -0.451. The molecular weight excluding hydrogens is 399 g/mol. The van der Waals surface area contributed by atoms with E-state index in [0.717, 1.165) is 28.5 Å². The van der Waals surface area contributed by atoms with Crippen molar-refractivity contribution < 1.29 is 14.6 Å². The SMILES string of the molecule is CCCOc1c(Cl)cc(CN[C@@H](Cc2c[nH]c3ccccc23)C(=O)O)cc1Cl. The Hall–Kier alpha value is -2.21. The Balaban J connectivity index is 1.71. The Bertz CT molecular complexity index is 948. The summed E-state index contributed by atoms with van der Waals surface area (Å²) in [5, 5.41) is 14.6. The molecule has 0 amide bonds. The van der Waals surface area contributed by atoms with Gasteiger partial charge in [0, 0.05) is 30.1 Å². The Morgan fingerprint density at radius 1 is 1.25 bits per heavy atom. The van der Waals surface area contributed by atoms with Gasteiger partial charge in [0.1, 0.15) is 6.04 Å². The zero-order valence-electron chi connectivity index (χ0n) is 15.5. The van der Waals surface area contributed by atoms with E-state index in [0.29, 0.717) is 35.4 Å². The summed E-state index contributed by atoms with van der Waals surface area (Å²) in [4.78, 5) is 14.9. The van der Waals surface area contributed by atoms with Gasteiger partial charge in [-0.05, 0) is 35.7 Å². The van der Waals surface area contributed by atoms with Crippen LogP contribution >= 0.6 is 23.2 Å². The molecule has 148 valence electrons. The molecule has 0 bridgehead atoms. The van der Waals surface area contributed by atoms with E-state index in [4.69, 9.17) is 27.9 Å². The first-order valence-corrected chi connectivity index (χ1v) is 9.87. The smallest absolute Gasteiger partial charge is 0.321 e. The normalized spacial score (nSPS) is 12.2. The highest BCUT2D eigenvalue weighted by atomic mass is 35.5. The van der Waals surface area contributed by atoms with Gasteiger partial charge in [-0.3, -0.25) is 4.79 Å². The number of hydrogen-bond acceptors (Lipinski definition) is 3. The first-order valence-electron chi connectivity index (χ1n) is 9.11. The second kappa shape index (κ2) is 9.32. The third-order valence-electron chi connectivity index (χ3n) is 4.46. The van der Waals surface area contributed by atoms with Crippen molar-refractivity contribution in [3.05, 3.63) is 63.8 Å². The molecule has 3 N–H and O–H groups in total. The monoisotopic (exact) mass is 420 g/mol. The molecule has 1 atom stereocenters. The van der Waals surface area contributed by atoms with E-state index in [1.165, 1.54) is 0 Å². The number of halogens is 2. The van der Waals surface area contributed by atoms with Crippen LogP contribution in [0.3, 0.4) is 0 Å². The molecule has 1 heterocycles. The molecule has 1 aromatic heterocycles. The van der Waals surface area contributed by atoms with Crippen LogP contribution in [0.4, 0.5) is 0 Å². The molecule has 0 unspecified atom stereocenters. The molecule has 3 aromatic rings. The molecule has 5 nitrogen and oxygen atoms in total. The highest BCUT2D eigenvalue weighted by Gasteiger charge is 2.20. The fourth-order valence-corrected chi connectivity index (χ4v) is 3.71. The second-order valence-electron chi connectivity index (χ2n) is 6.57. The van der Waals surface area contributed by atoms with Crippen LogP contribution in [-0.2, 0) is 17.8 Å². The lowest BCUT2D eigenvalue weighted by atomic mass is 10.0. The number of ether oxygens (including phenoxy) is 1. The van der Waals surface area contributed by atoms with Gasteiger partial charge in [0.05, 0.1) is 16.7 Å². The quantitative estimate of drug-likeness (QED) is 0.452. The number of aromatic nitrogens is 1. The minimum Gasteiger partial charge on any atom is -0.490 e. The third kappa shape index (κ3) is 4.79. The molecule has 28 heavy (non-hydrogen) atoms. The Morgan fingerprint density at radius 3 is 2.64 bits per heavy atom. The molecule has 0 spiro atoms. The standard InChI is InChI=1S/C21H22Cl2N2O3/c1-2-7-28-20-16(22)8-13(9-17(20)23)11-24-19(21(26)27)10-14-12-25-18-6-4-3-5-15(14)18/h3-6,8-9,12,19,24-25H,2,7,10-11H2,1H3,(H,26,27)/t19-/m0/s1. The van der Waals surface area contributed by atoms with Gasteiger partial charge in [0.2, 0.25) is 0 Å². The number of aromatic amines is 1. The van der Waals surface area contributed by atoms with Crippen molar-refractivity contribution in [2.45, 2.75) is 32.4 Å². The van der Waals surface area contributed by atoms with Crippen LogP contribution in [0.5, 0.6) is 5.75 Å². The number of fused-ring (bicyclic) bond motifs is 1. The molecule has 0 saturated carbocycles. The van der Waals surface area contributed by atoms with E-state index >= 15 is 0 Å². The van der Waals surface area contributed by atoms with Crippen LogP contribution < -0.4 is 10.1 Å². The van der Waals surface area contributed by atoms with Gasteiger partial charge in [0.25, 0.3) is 0 Å². The molecule has 0 saturated heterocycles. The average Bonchev–Trinajstić information content (AvgIpc) is 3.07. The van der Waals surface area contributed by atoms with Gasteiger partial charge in [-0.1, -0.05) is 48.3 Å². The number of carbonyl (C=O) groups is 1. The van der Waals surface area contributed by atoms with E-state index in [-0.39, 0.29) is 0 Å². The summed E-state index contributed by atoms with van der Waals surface area (Å²) in [6.45, 7) is 2.86. The van der Waals surface area contributed by atoms with Gasteiger partial charge < -0.3 is 20.1 Å². The highest BCUT2D eigenvalue weighted by molar-refractivity contribution is 6.37. The molecule has 0 radical (unpaired) electrons. The summed E-state index contributed by atoms with van der Waals surface area (Å²) in [6.07, 6.45) is 3.07. The largest absolute Gasteiger partial charge is 0.490 e. The van der Waals surface area contributed by atoms with Crippen LogP contribution in [-0.4, -0.2) is 28.7 Å². The maximum atomic E-state index is 11.7. The molecule has 0 aliphatic carbocycles. The number of para-hydroxylation sites is 1. The number of hydrogen-bond donors (Lipinski definition) is 3. The van der Waals surface area contributed by atoms with Crippen LogP contribution in [0.15, 0.2) is 42.6 Å². The van der Waals surface area contributed by atoms with Crippen LogP contribution in [0.2, 0.25) is 10.0 Å². The molecular formula is C21H22Cl2N2O3. The Kier molecular flexibility index (Phi) is 6.83. The van der Waals surface area contributed by atoms with E-state index in [2.05, 4.69) is 10.3 Å². The number of rotatable bonds is 9. The predicted molar refractivity (Wildman–Crippen MR) is 113 cm³/mol. The van der Waals surface area contributed by atoms with Gasteiger partial charge in [-0.15, -0.1) is 0 Å². The number of aliphatic carboxylic acids is 1. The topological polar surface area (TPSA) is 74.3 Å². The highest BCUT2D eigenvalue weighted by Crippen LogP contribution is 2.34. The lowest BCUT2D eigenvalue weighted by Gasteiger charge is -2.16. The third-order valence-corrected chi connectivity index (χ3v) is 5.02. The molecule has 0 aliphatic heterocycles. The number of nitrogens with one attached hydrogen (secondary N) is 2. The number of carboxylic acids is 1. The molecule has 2 aromatic carbocycles. The maximum absolute atomic E-state index is 11.7. The lowest BCUT2D eigenvalue weighted by molar-refractivity contribution is -0.139. The first-order chi connectivity index (χ1) is 13.5. The molecule has 0 aliphatic rings. The van der Waals surface area contributed by atoms with Crippen LogP contribution in [0.25, 0.3) is 10.9 Å². The van der Waals surface area contributed by atoms with Gasteiger partial charge in [-0.2, -0.15) is 0 Å². The minimum absolute atomic E-state index is 0.326. The van der Waals surface area contributed by atoms with Crippen LogP contribution in [0.1, 0.15) is 24.5 Å². The average molecular weight is 421 g/mol. The minimum atomic E-state index is -0.912. The van der Waals surface area contributed by atoms with Crippen molar-refractivity contribution in [1.29, 1.82) is 0 Å². The lowest BCUT2D eigenvalue weighted by Crippen LogP contribution is -2.38. The van der Waals surface area contributed by atoms with E-state index in [1.807, 2.05) is 37.4 Å². The fourth-order valence-electron chi connectivity index (χ4n) is 3.06. The zero-order valence-corrected chi connectivity index (χ0v) is 17.0. The molecule has 7 heteroatoms. The summed E-state index contributed by atoms with van der Waals surface area (Å²) in [7, 11) is 0. The Labute approximate surface area is 173 Å². The van der Waals surface area contributed by atoms with Crippen molar-refractivity contribution in [3.63, 3.8) is 0 Å². The summed E-state index contributed by atoms with van der Waals surface area (Å²) >= 11 is 12.5. The van der Waals surface area contributed by atoms with Gasteiger partial charge in [-0.25, -0.2) is 0 Å². The maximum Gasteiger partial charge on any atom is 0.321 e. The molecule has 3 rings (SSSR count). The summed E-state index contributed by atoms with van der Waals surface area (Å²) < 4.78 is 5.56.